The molecule has 2 atom stereocenters. The van der Waals surface area contributed by atoms with Crippen molar-refractivity contribution < 1.29 is 4.43 Å². The van der Waals surface area contributed by atoms with Gasteiger partial charge < -0.3 is 4.43 Å². The SMILES string of the molecule is C=C[C@@H](C)C[C@H](C)CO[Si](C(C)C)(C(C)C)C(C)C. The van der Waals surface area contributed by atoms with Gasteiger partial charge in [-0.15, -0.1) is 6.58 Å². The van der Waals surface area contributed by atoms with Gasteiger partial charge in [0.2, 0.25) is 0 Å². The molecule has 0 aromatic carbocycles. The summed E-state index contributed by atoms with van der Waals surface area (Å²) in [4.78, 5) is 0. The van der Waals surface area contributed by atoms with Gasteiger partial charge in [0, 0.05) is 6.61 Å². The Hall–Kier alpha value is -0.0831. The highest BCUT2D eigenvalue weighted by Crippen LogP contribution is 2.42. The molecule has 0 aromatic rings. The van der Waals surface area contributed by atoms with Crippen LogP contribution in [-0.4, -0.2) is 14.9 Å². The van der Waals surface area contributed by atoms with Crippen LogP contribution in [0.5, 0.6) is 0 Å². The fourth-order valence-electron chi connectivity index (χ4n) is 3.59. The van der Waals surface area contributed by atoms with E-state index in [1.54, 1.807) is 0 Å². The van der Waals surface area contributed by atoms with Gasteiger partial charge in [-0.3, -0.25) is 0 Å². The Kier molecular flexibility index (Phi) is 8.22. The van der Waals surface area contributed by atoms with Gasteiger partial charge in [0.15, 0.2) is 8.32 Å². The fraction of sp³-hybridized carbons (Fsp3) is 0.882. The van der Waals surface area contributed by atoms with E-state index in [4.69, 9.17) is 4.43 Å². The zero-order valence-corrected chi connectivity index (χ0v) is 15.5. The second-order valence-corrected chi connectivity index (χ2v) is 12.6. The summed E-state index contributed by atoms with van der Waals surface area (Å²) >= 11 is 0. The van der Waals surface area contributed by atoms with Crippen molar-refractivity contribution in [3.05, 3.63) is 12.7 Å². The fourth-order valence-corrected chi connectivity index (χ4v) is 9.16. The zero-order valence-electron chi connectivity index (χ0n) is 14.5. The molecule has 0 aliphatic rings. The first kappa shape index (κ1) is 18.9. The van der Waals surface area contributed by atoms with Crippen LogP contribution in [0.25, 0.3) is 0 Å². The van der Waals surface area contributed by atoms with E-state index >= 15 is 0 Å². The highest BCUT2D eigenvalue weighted by atomic mass is 28.4. The maximum Gasteiger partial charge on any atom is 0.200 e. The minimum Gasteiger partial charge on any atom is -0.416 e. The van der Waals surface area contributed by atoms with Crippen LogP contribution in [0.4, 0.5) is 0 Å². The lowest BCUT2D eigenvalue weighted by Gasteiger charge is -2.43. The molecule has 0 rings (SSSR count). The zero-order chi connectivity index (χ0) is 15.2. The third-order valence-corrected chi connectivity index (χ3v) is 10.6. The first-order valence-corrected chi connectivity index (χ1v) is 10.1. The number of rotatable bonds is 9. The molecule has 0 aromatic heterocycles. The minimum atomic E-state index is -1.68. The smallest absolute Gasteiger partial charge is 0.200 e. The molecule has 0 spiro atoms. The van der Waals surface area contributed by atoms with Crippen LogP contribution in [-0.2, 0) is 4.43 Å². The van der Waals surface area contributed by atoms with E-state index < -0.39 is 8.32 Å². The number of hydrogen-bond acceptors (Lipinski definition) is 1. The Balaban J connectivity index is 4.72. The molecule has 19 heavy (non-hydrogen) atoms. The van der Waals surface area contributed by atoms with Crippen molar-refractivity contribution in [2.45, 2.75) is 78.4 Å². The third kappa shape index (κ3) is 5.07. The standard InChI is InChI=1S/C17H36OSi/c1-10-16(8)11-17(9)12-18-19(13(2)3,14(4)5)15(6)7/h10,13-17H,1,11-12H2,2-9H3/t16-,17+/m1/s1. The van der Waals surface area contributed by atoms with Gasteiger partial charge in [0.05, 0.1) is 0 Å². The maximum absolute atomic E-state index is 6.63. The Morgan fingerprint density at radius 1 is 0.895 bits per heavy atom. The van der Waals surface area contributed by atoms with E-state index in [1.165, 1.54) is 6.42 Å². The molecule has 0 radical (unpaired) electrons. The van der Waals surface area contributed by atoms with Crippen molar-refractivity contribution in [2.75, 3.05) is 6.61 Å². The third-order valence-electron chi connectivity index (χ3n) is 4.50. The summed E-state index contributed by atoms with van der Waals surface area (Å²) in [6, 6.07) is 0. The van der Waals surface area contributed by atoms with E-state index in [2.05, 4.69) is 68.0 Å². The molecular formula is C17H36OSi. The Labute approximate surface area is 123 Å². The average Bonchev–Trinajstić information content (AvgIpc) is 2.27. The Morgan fingerprint density at radius 2 is 1.32 bits per heavy atom. The van der Waals surface area contributed by atoms with Gasteiger partial charge in [-0.05, 0) is 34.9 Å². The quantitative estimate of drug-likeness (QED) is 0.371. The second-order valence-electron chi connectivity index (χ2n) is 7.18. The Morgan fingerprint density at radius 3 is 1.63 bits per heavy atom. The summed E-state index contributed by atoms with van der Waals surface area (Å²) in [7, 11) is -1.68. The van der Waals surface area contributed by atoms with Crippen LogP contribution < -0.4 is 0 Å². The van der Waals surface area contributed by atoms with E-state index in [9.17, 15) is 0 Å². The predicted octanol–water partition coefficient (Wildman–Crippen LogP) is 6.03. The lowest BCUT2D eigenvalue weighted by atomic mass is 9.98. The van der Waals surface area contributed by atoms with E-state index in [-0.39, 0.29) is 0 Å². The van der Waals surface area contributed by atoms with Crippen LogP contribution in [0.3, 0.4) is 0 Å². The monoisotopic (exact) mass is 284 g/mol. The lowest BCUT2D eigenvalue weighted by molar-refractivity contribution is 0.216. The predicted molar refractivity (Wildman–Crippen MR) is 90.1 cm³/mol. The summed E-state index contributed by atoms with van der Waals surface area (Å²) in [5.74, 6) is 1.21. The first-order valence-electron chi connectivity index (χ1n) is 7.94. The number of hydrogen-bond donors (Lipinski definition) is 0. The van der Waals surface area contributed by atoms with Gasteiger partial charge in [-0.25, -0.2) is 0 Å². The summed E-state index contributed by atoms with van der Waals surface area (Å²) in [6.07, 6.45) is 3.23. The van der Waals surface area contributed by atoms with Crippen molar-refractivity contribution in [3.8, 4) is 0 Å². The van der Waals surface area contributed by atoms with Crippen molar-refractivity contribution >= 4 is 8.32 Å². The molecule has 0 bridgehead atoms. The van der Waals surface area contributed by atoms with Crippen LogP contribution in [0.2, 0.25) is 16.6 Å². The normalized spacial score (nSPS) is 16.2. The molecule has 0 aliphatic heterocycles. The van der Waals surface area contributed by atoms with Crippen molar-refractivity contribution in [3.63, 3.8) is 0 Å². The molecule has 114 valence electrons. The van der Waals surface area contributed by atoms with Gasteiger partial charge in [0.1, 0.15) is 0 Å². The van der Waals surface area contributed by atoms with Crippen molar-refractivity contribution in [1.82, 2.24) is 0 Å². The second kappa shape index (κ2) is 8.26. The van der Waals surface area contributed by atoms with Gasteiger partial charge in [-0.1, -0.05) is 61.5 Å². The molecule has 1 nitrogen and oxygen atoms in total. The molecule has 0 heterocycles. The lowest BCUT2D eigenvalue weighted by Crippen LogP contribution is -2.48. The topological polar surface area (TPSA) is 9.23 Å². The highest BCUT2D eigenvalue weighted by molar-refractivity contribution is 6.77. The first-order chi connectivity index (χ1) is 8.68. The van der Waals surface area contributed by atoms with Crippen molar-refractivity contribution in [1.29, 1.82) is 0 Å². The number of allylic oxidation sites excluding steroid dienone is 1. The average molecular weight is 285 g/mol. The maximum atomic E-state index is 6.63. The van der Waals surface area contributed by atoms with Crippen molar-refractivity contribution in [2.24, 2.45) is 11.8 Å². The van der Waals surface area contributed by atoms with Gasteiger partial charge in [0.25, 0.3) is 0 Å². The summed E-state index contributed by atoms with van der Waals surface area (Å²) in [5, 5.41) is 0. The largest absolute Gasteiger partial charge is 0.416 e. The molecule has 0 fully saturated rings. The summed E-state index contributed by atoms with van der Waals surface area (Å²) < 4.78 is 6.63. The molecule has 2 heteroatoms. The Bertz CT molecular complexity index is 236. The van der Waals surface area contributed by atoms with E-state index in [1.807, 2.05) is 0 Å². The van der Waals surface area contributed by atoms with Gasteiger partial charge >= 0.3 is 0 Å². The molecule has 0 saturated heterocycles. The molecule has 0 amide bonds. The molecular weight excluding hydrogens is 248 g/mol. The molecule has 0 aliphatic carbocycles. The molecule has 0 saturated carbocycles. The van der Waals surface area contributed by atoms with E-state index in [0.717, 1.165) is 6.61 Å². The molecule has 0 N–H and O–H groups in total. The minimum absolute atomic E-state index is 0.590. The van der Waals surface area contributed by atoms with Gasteiger partial charge in [-0.2, -0.15) is 0 Å². The van der Waals surface area contributed by atoms with E-state index in [0.29, 0.717) is 28.5 Å². The summed E-state index contributed by atoms with van der Waals surface area (Å²) in [5.41, 5.74) is 2.03. The summed E-state index contributed by atoms with van der Waals surface area (Å²) in [6.45, 7) is 23.4. The van der Waals surface area contributed by atoms with Crippen LogP contribution in [0.15, 0.2) is 12.7 Å². The van der Waals surface area contributed by atoms with Crippen LogP contribution in [0.1, 0.15) is 61.8 Å². The van der Waals surface area contributed by atoms with Crippen LogP contribution in [0, 0.1) is 11.8 Å². The highest BCUT2D eigenvalue weighted by Gasteiger charge is 2.45. The molecule has 0 unspecified atom stereocenters. The van der Waals surface area contributed by atoms with Crippen LogP contribution >= 0.6 is 0 Å².